The highest BCUT2D eigenvalue weighted by Gasteiger charge is 2.05. The zero-order chi connectivity index (χ0) is 13.1. The standard InChI is InChI=1S/C13H10BrFN2O/c14-11-6-3-9(15)7-12(11)18-10-4-1-8(2-5-10)13(16)17/h1-7H,(H3,16,17). The van der Waals surface area contributed by atoms with E-state index in [2.05, 4.69) is 15.9 Å². The van der Waals surface area contributed by atoms with Gasteiger partial charge in [0.05, 0.1) is 4.47 Å². The molecule has 0 heterocycles. The van der Waals surface area contributed by atoms with Crippen molar-refractivity contribution in [3.8, 4) is 11.5 Å². The van der Waals surface area contributed by atoms with Gasteiger partial charge >= 0.3 is 0 Å². The Morgan fingerprint density at radius 2 is 1.83 bits per heavy atom. The quantitative estimate of drug-likeness (QED) is 0.671. The molecule has 0 aliphatic heterocycles. The van der Waals surface area contributed by atoms with Crippen LogP contribution in [0.3, 0.4) is 0 Å². The molecule has 18 heavy (non-hydrogen) atoms. The third kappa shape index (κ3) is 2.87. The van der Waals surface area contributed by atoms with Gasteiger partial charge in [0.15, 0.2) is 0 Å². The van der Waals surface area contributed by atoms with Gasteiger partial charge in [0.1, 0.15) is 23.2 Å². The number of ether oxygens (including phenoxy) is 1. The first-order chi connectivity index (χ1) is 8.56. The topological polar surface area (TPSA) is 59.1 Å². The molecular weight excluding hydrogens is 299 g/mol. The maximum Gasteiger partial charge on any atom is 0.144 e. The first-order valence-corrected chi connectivity index (χ1v) is 5.93. The van der Waals surface area contributed by atoms with Gasteiger partial charge in [-0.3, -0.25) is 5.41 Å². The number of nitrogen functional groups attached to an aromatic ring is 1. The lowest BCUT2D eigenvalue weighted by molar-refractivity contribution is 0.473. The number of amidine groups is 1. The van der Waals surface area contributed by atoms with E-state index in [4.69, 9.17) is 15.9 Å². The molecule has 92 valence electrons. The lowest BCUT2D eigenvalue weighted by atomic mass is 10.2. The van der Waals surface area contributed by atoms with Crippen molar-refractivity contribution in [2.75, 3.05) is 0 Å². The van der Waals surface area contributed by atoms with Crippen molar-refractivity contribution in [1.82, 2.24) is 0 Å². The summed E-state index contributed by atoms with van der Waals surface area (Å²) in [6.07, 6.45) is 0. The number of halogens is 2. The first kappa shape index (κ1) is 12.6. The molecule has 3 nitrogen and oxygen atoms in total. The number of hydrogen-bond donors (Lipinski definition) is 2. The molecule has 0 atom stereocenters. The lowest BCUT2D eigenvalue weighted by Crippen LogP contribution is -2.10. The molecule has 0 radical (unpaired) electrons. The van der Waals surface area contributed by atoms with Crippen LogP contribution in [0, 0.1) is 11.2 Å². The van der Waals surface area contributed by atoms with Gasteiger partial charge in [0, 0.05) is 11.6 Å². The Kier molecular flexibility index (Phi) is 3.62. The Morgan fingerprint density at radius 1 is 1.17 bits per heavy atom. The fourth-order valence-corrected chi connectivity index (χ4v) is 1.71. The van der Waals surface area contributed by atoms with Gasteiger partial charge in [-0.15, -0.1) is 0 Å². The molecule has 2 aromatic carbocycles. The molecule has 0 amide bonds. The van der Waals surface area contributed by atoms with Crippen LogP contribution in [-0.4, -0.2) is 5.84 Å². The minimum atomic E-state index is -0.367. The molecule has 0 unspecified atom stereocenters. The smallest absolute Gasteiger partial charge is 0.144 e. The van der Waals surface area contributed by atoms with E-state index in [1.165, 1.54) is 12.1 Å². The van der Waals surface area contributed by atoms with Crippen LogP contribution < -0.4 is 10.5 Å². The fraction of sp³-hybridized carbons (Fsp3) is 0. The van der Waals surface area contributed by atoms with Gasteiger partial charge in [-0.05, 0) is 52.3 Å². The third-order valence-corrected chi connectivity index (χ3v) is 2.94. The van der Waals surface area contributed by atoms with Crippen LogP contribution in [0.25, 0.3) is 0 Å². The van der Waals surface area contributed by atoms with Gasteiger partial charge in [-0.2, -0.15) is 0 Å². The molecule has 0 aliphatic rings. The third-order valence-electron chi connectivity index (χ3n) is 2.29. The molecule has 3 N–H and O–H groups in total. The van der Waals surface area contributed by atoms with Crippen molar-refractivity contribution in [2.24, 2.45) is 5.73 Å². The summed E-state index contributed by atoms with van der Waals surface area (Å²) in [7, 11) is 0. The average molecular weight is 309 g/mol. The lowest BCUT2D eigenvalue weighted by Gasteiger charge is -2.08. The Balaban J connectivity index is 2.23. The van der Waals surface area contributed by atoms with E-state index in [0.29, 0.717) is 21.5 Å². The zero-order valence-electron chi connectivity index (χ0n) is 9.28. The van der Waals surface area contributed by atoms with Crippen LogP contribution in [0.1, 0.15) is 5.56 Å². The van der Waals surface area contributed by atoms with Gasteiger partial charge in [0.25, 0.3) is 0 Å². The molecule has 0 spiro atoms. The van der Waals surface area contributed by atoms with Crippen molar-refractivity contribution in [2.45, 2.75) is 0 Å². The van der Waals surface area contributed by atoms with E-state index in [0.717, 1.165) is 0 Å². The molecule has 0 aliphatic carbocycles. The minimum Gasteiger partial charge on any atom is -0.456 e. The monoisotopic (exact) mass is 308 g/mol. The summed E-state index contributed by atoms with van der Waals surface area (Å²) in [6.45, 7) is 0. The van der Waals surface area contributed by atoms with Crippen LogP contribution >= 0.6 is 15.9 Å². The number of hydrogen-bond acceptors (Lipinski definition) is 2. The number of nitrogens with two attached hydrogens (primary N) is 1. The van der Waals surface area contributed by atoms with Crippen molar-refractivity contribution in [1.29, 1.82) is 5.41 Å². The molecule has 0 saturated heterocycles. The van der Waals surface area contributed by atoms with Crippen molar-refractivity contribution in [3.63, 3.8) is 0 Å². The van der Waals surface area contributed by atoms with Gasteiger partial charge < -0.3 is 10.5 Å². The van der Waals surface area contributed by atoms with E-state index in [9.17, 15) is 4.39 Å². The minimum absolute atomic E-state index is 0.00603. The number of benzene rings is 2. The molecule has 2 aromatic rings. The molecule has 0 aromatic heterocycles. The van der Waals surface area contributed by atoms with Gasteiger partial charge in [-0.1, -0.05) is 0 Å². The Hall–Kier alpha value is -1.88. The summed E-state index contributed by atoms with van der Waals surface area (Å²) < 4.78 is 19.3. The second kappa shape index (κ2) is 5.18. The molecule has 0 fully saturated rings. The zero-order valence-corrected chi connectivity index (χ0v) is 10.9. The summed E-state index contributed by atoms with van der Waals surface area (Å²) in [6, 6.07) is 10.9. The summed E-state index contributed by atoms with van der Waals surface area (Å²) in [5.74, 6) is 0.568. The van der Waals surface area contributed by atoms with Crippen LogP contribution in [-0.2, 0) is 0 Å². The average Bonchev–Trinajstić information content (AvgIpc) is 2.34. The second-order valence-corrected chi connectivity index (χ2v) is 4.47. The molecule has 0 bridgehead atoms. The van der Waals surface area contributed by atoms with E-state index in [1.807, 2.05) is 0 Å². The van der Waals surface area contributed by atoms with E-state index in [1.54, 1.807) is 30.3 Å². The molecule has 5 heteroatoms. The van der Waals surface area contributed by atoms with Crippen LogP contribution in [0.4, 0.5) is 4.39 Å². The SMILES string of the molecule is N=C(N)c1ccc(Oc2cc(F)ccc2Br)cc1. The summed E-state index contributed by atoms with van der Waals surface area (Å²) in [5, 5.41) is 7.27. The highest BCUT2D eigenvalue weighted by atomic mass is 79.9. The van der Waals surface area contributed by atoms with Crippen LogP contribution in [0.2, 0.25) is 0 Å². The normalized spacial score (nSPS) is 10.1. The van der Waals surface area contributed by atoms with Gasteiger partial charge in [-0.25, -0.2) is 4.39 Å². The van der Waals surface area contributed by atoms with Crippen molar-refractivity contribution >= 4 is 21.8 Å². The largest absolute Gasteiger partial charge is 0.456 e. The van der Waals surface area contributed by atoms with Crippen LogP contribution in [0.15, 0.2) is 46.9 Å². The summed E-state index contributed by atoms with van der Waals surface area (Å²) in [4.78, 5) is 0. The second-order valence-electron chi connectivity index (χ2n) is 3.61. The maximum atomic E-state index is 13.1. The molecule has 0 saturated carbocycles. The summed E-state index contributed by atoms with van der Waals surface area (Å²) in [5.41, 5.74) is 5.96. The maximum absolute atomic E-state index is 13.1. The Labute approximate surface area is 112 Å². The summed E-state index contributed by atoms with van der Waals surface area (Å²) >= 11 is 3.28. The number of rotatable bonds is 3. The predicted octanol–water partition coefficient (Wildman–Crippen LogP) is 3.66. The number of nitrogens with one attached hydrogen (secondary N) is 1. The highest BCUT2D eigenvalue weighted by Crippen LogP contribution is 2.30. The van der Waals surface area contributed by atoms with E-state index >= 15 is 0 Å². The van der Waals surface area contributed by atoms with Crippen molar-refractivity contribution in [3.05, 3.63) is 58.3 Å². The highest BCUT2D eigenvalue weighted by molar-refractivity contribution is 9.10. The van der Waals surface area contributed by atoms with Crippen LogP contribution in [0.5, 0.6) is 11.5 Å². The van der Waals surface area contributed by atoms with Crippen molar-refractivity contribution < 1.29 is 9.13 Å². The van der Waals surface area contributed by atoms with E-state index < -0.39 is 0 Å². The molecule has 2 rings (SSSR count). The Bertz CT molecular complexity index is 584. The van der Waals surface area contributed by atoms with E-state index in [-0.39, 0.29) is 11.7 Å². The Morgan fingerprint density at radius 3 is 2.44 bits per heavy atom. The first-order valence-electron chi connectivity index (χ1n) is 5.13. The van der Waals surface area contributed by atoms with Gasteiger partial charge in [0.2, 0.25) is 0 Å². The predicted molar refractivity (Wildman–Crippen MR) is 71.6 cm³/mol. The fourth-order valence-electron chi connectivity index (χ4n) is 1.38. The molecular formula is C13H10BrFN2O.